The Morgan fingerprint density at radius 3 is 2.17 bits per heavy atom. The topological polar surface area (TPSA) is 46.2 Å². The Balaban J connectivity index is 2.81. The van der Waals surface area contributed by atoms with Gasteiger partial charge in [-0.1, -0.05) is 20.8 Å². The lowest BCUT2D eigenvalue weighted by atomic mass is 9.85. The summed E-state index contributed by atoms with van der Waals surface area (Å²) < 4.78 is 0. The van der Waals surface area contributed by atoms with Gasteiger partial charge in [0.15, 0.2) is 0 Å². The number of hydrogen-bond donors (Lipinski definition) is 2. The minimum Gasteiger partial charge on any atom is -0.388 e. The Hall–Kier alpha value is -0.0800. The lowest BCUT2D eigenvalue weighted by Gasteiger charge is -2.32. The average Bonchev–Trinajstić information content (AvgIpc) is 2.03. The second kappa shape index (κ2) is 2.71. The number of nitrogens with two attached hydrogens (primary N) is 1. The van der Waals surface area contributed by atoms with Crippen LogP contribution in [0, 0.1) is 11.3 Å². The molecular weight excluding hydrogens is 150 g/mol. The van der Waals surface area contributed by atoms with Gasteiger partial charge in [-0.3, -0.25) is 0 Å². The third-order valence-corrected chi connectivity index (χ3v) is 3.26. The van der Waals surface area contributed by atoms with E-state index in [1.165, 1.54) is 0 Å². The quantitative estimate of drug-likeness (QED) is 0.628. The van der Waals surface area contributed by atoms with Gasteiger partial charge in [0.25, 0.3) is 0 Å². The standard InChI is InChI=1S/C10H21NO/c1-7-5-9(3,4)6-10(7,12)8(2)11/h7-8,12H,5-6,11H2,1-4H3. The lowest BCUT2D eigenvalue weighted by molar-refractivity contribution is -0.0150. The predicted octanol–water partition coefficient (Wildman–Crippen LogP) is 1.52. The first-order valence-electron chi connectivity index (χ1n) is 4.76. The molecule has 0 spiro atoms. The van der Waals surface area contributed by atoms with Crippen LogP contribution < -0.4 is 5.73 Å². The van der Waals surface area contributed by atoms with Crippen LogP contribution in [0.2, 0.25) is 0 Å². The van der Waals surface area contributed by atoms with Crippen molar-refractivity contribution < 1.29 is 5.11 Å². The van der Waals surface area contributed by atoms with E-state index >= 15 is 0 Å². The SMILES string of the molecule is CC(N)C1(O)CC(C)(C)CC1C. The Bertz CT molecular complexity index is 177. The molecule has 72 valence electrons. The van der Waals surface area contributed by atoms with Gasteiger partial charge in [-0.25, -0.2) is 0 Å². The third-order valence-electron chi connectivity index (χ3n) is 3.26. The Kier molecular flexibility index (Phi) is 2.26. The van der Waals surface area contributed by atoms with Crippen molar-refractivity contribution in [3.05, 3.63) is 0 Å². The highest BCUT2D eigenvalue weighted by atomic mass is 16.3. The van der Waals surface area contributed by atoms with Gasteiger partial charge in [0.1, 0.15) is 0 Å². The van der Waals surface area contributed by atoms with Crippen LogP contribution in [0.1, 0.15) is 40.5 Å². The van der Waals surface area contributed by atoms with Crippen LogP contribution >= 0.6 is 0 Å². The summed E-state index contributed by atoms with van der Waals surface area (Å²) in [6.07, 6.45) is 1.91. The Labute approximate surface area is 75.2 Å². The molecule has 0 radical (unpaired) electrons. The molecule has 12 heavy (non-hydrogen) atoms. The first kappa shape index (κ1) is 10.0. The van der Waals surface area contributed by atoms with E-state index in [1.807, 2.05) is 6.92 Å². The van der Waals surface area contributed by atoms with Gasteiger partial charge in [-0.15, -0.1) is 0 Å². The van der Waals surface area contributed by atoms with Gasteiger partial charge < -0.3 is 10.8 Å². The maximum absolute atomic E-state index is 10.2. The van der Waals surface area contributed by atoms with Gasteiger partial charge in [-0.2, -0.15) is 0 Å². The second-order valence-electron chi connectivity index (χ2n) is 5.23. The molecule has 2 nitrogen and oxygen atoms in total. The van der Waals surface area contributed by atoms with Crippen LogP contribution in [0.4, 0.5) is 0 Å². The maximum atomic E-state index is 10.2. The van der Waals surface area contributed by atoms with E-state index in [-0.39, 0.29) is 11.5 Å². The summed E-state index contributed by atoms with van der Waals surface area (Å²) in [5.41, 5.74) is 5.41. The summed E-state index contributed by atoms with van der Waals surface area (Å²) in [5, 5.41) is 10.2. The Morgan fingerprint density at radius 1 is 1.50 bits per heavy atom. The Morgan fingerprint density at radius 2 is 2.00 bits per heavy atom. The van der Waals surface area contributed by atoms with E-state index in [0.717, 1.165) is 12.8 Å². The van der Waals surface area contributed by atoms with E-state index in [4.69, 9.17) is 5.73 Å². The molecule has 0 aromatic rings. The monoisotopic (exact) mass is 171 g/mol. The van der Waals surface area contributed by atoms with Crippen LogP contribution in [-0.2, 0) is 0 Å². The third kappa shape index (κ3) is 1.50. The van der Waals surface area contributed by atoms with E-state index in [0.29, 0.717) is 5.92 Å². The second-order valence-corrected chi connectivity index (χ2v) is 5.23. The minimum absolute atomic E-state index is 0.116. The minimum atomic E-state index is -0.635. The molecule has 0 aromatic heterocycles. The van der Waals surface area contributed by atoms with Gasteiger partial charge in [0.2, 0.25) is 0 Å². The summed E-state index contributed by atoms with van der Waals surface area (Å²) in [7, 11) is 0. The normalized spacial score (nSPS) is 43.0. The molecule has 0 aliphatic heterocycles. The summed E-state index contributed by atoms with van der Waals surface area (Å²) in [5.74, 6) is 0.326. The van der Waals surface area contributed by atoms with Crippen molar-refractivity contribution in [2.45, 2.75) is 52.2 Å². The van der Waals surface area contributed by atoms with Gasteiger partial charge >= 0.3 is 0 Å². The predicted molar refractivity (Wildman–Crippen MR) is 50.8 cm³/mol. The molecule has 1 saturated carbocycles. The zero-order valence-electron chi connectivity index (χ0n) is 8.59. The summed E-state index contributed by atoms with van der Waals surface area (Å²) in [6, 6.07) is -0.116. The molecular formula is C10H21NO. The van der Waals surface area contributed by atoms with Crippen molar-refractivity contribution in [2.24, 2.45) is 17.1 Å². The number of rotatable bonds is 1. The molecule has 3 unspecified atom stereocenters. The average molecular weight is 171 g/mol. The van der Waals surface area contributed by atoms with Crippen LogP contribution in [0.5, 0.6) is 0 Å². The fourth-order valence-corrected chi connectivity index (χ4v) is 2.63. The molecule has 0 heterocycles. The zero-order chi connectivity index (χ0) is 9.57. The molecule has 1 fully saturated rings. The molecule has 3 N–H and O–H groups in total. The van der Waals surface area contributed by atoms with Crippen molar-refractivity contribution in [1.82, 2.24) is 0 Å². The van der Waals surface area contributed by atoms with Crippen molar-refractivity contribution in [2.75, 3.05) is 0 Å². The summed E-state index contributed by atoms with van der Waals surface area (Å²) in [6.45, 7) is 8.39. The molecule has 1 rings (SSSR count). The summed E-state index contributed by atoms with van der Waals surface area (Å²) >= 11 is 0. The van der Waals surface area contributed by atoms with Crippen LogP contribution in [0.15, 0.2) is 0 Å². The highest BCUT2D eigenvalue weighted by Gasteiger charge is 2.49. The molecule has 0 amide bonds. The van der Waals surface area contributed by atoms with Crippen molar-refractivity contribution >= 4 is 0 Å². The fourth-order valence-electron chi connectivity index (χ4n) is 2.63. The van der Waals surface area contributed by atoms with E-state index in [2.05, 4.69) is 20.8 Å². The van der Waals surface area contributed by atoms with Crippen LogP contribution in [0.3, 0.4) is 0 Å². The molecule has 0 bridgehead atoms. The lowest BCUT2D eigenvalue weighted by Crippen LogP contribution is -2.48. The number of aliphatic hydroxyl groups is 1. The first-order valence-corrected chi connectivity index (χ1v) is 4.76. The summed E-state index contributed by atoms with van der Waals surface area (Å²) in [4.78, 5) is 0. The molecule has 1 aliphatic carbocycles. The van der Waals surface area contributed by atoms with Crippen LogP contribution in [0.25, 0.3) is 0 Å². The molecule has 1 aliphatic rings. The molecule has 0 saturated heterocycles. The maximum Gasteiger partial charge on any atom is 0.0825 e. The molecule has 0 aromatic carbocycles. The smallest absolute Gasteiger partial charge is 0.0825 e. The molecule has 2 heteroatoms. The first-order chi connectivity index (χ1) is 5.28. The van der Waals surface area contributed by atoms with Crippen molar-refractivity contribution in [1.29, 1.82) is 0 Å². The van der Waals surface area contributed by atoms with Gasteiger partial charge in [0, 0.05) is 6.04 Å². The molecule has 3 atom stereocenters. The van der Waals surface area contributed by atoms with Crippen molar-refractivity contribution in [3.8, 4) is 0 Å². The highest BCUT2D eigenvalue weighted by molar-refractivity contribution is 5.02. The fraction of sp³-hybridized carbons (Fsp3) is 1.00. The van der Waals surface area contributed by atoms with E-state index < -0.39 is 5.60 Å². The van der Waals surface area contributed by atoms with Crippen LogP contribution in [-0.4, -0.2) is 16.7 Å². The highest BCUT2D eigenvalue weighted by Crippen LogP contribution is 2.48. The van der Waals surface area contributed by atoms with E-state index in [1.54, 1.807) is 0 Å². The van der Waals surface area contributed by atoms with Gasteiger partial charge in [-0.05, 0) is 31.1 Å². The van der Waals surface area contributed by atoms with E-state index in [9.17, 15) is 5.11 Å². The largest absolute Gasteiger partial charge is 0.388 e. The zero-order valence-corrected chi connectivity index (χ0v) is 8.59. The number of hydrogen-bond acceptors (Lipinski definition) is 2. The van der Waals surface area contributed by atoms with Gasteiger partial charge in [0.05, 0.1) is 5.60 Å². The van der Waals surface area contributed by atoms with Crippen molar-refractivity contribution in [3.63, 3.8) is 0 Å².